The van der Waals surface area contributed by atoms with Gasteiger partial charge in [-0.05, 0) is 12.2 Å². The third-order valence-electron chi connectivity index (χ3n) is 4.76. The van der Waals surface area contributed by atoms with Crippen LogP contribution in [-0.2, 0) is 9.47 Å². The minimum absolute atomic E-state index is 0.0292. The van der Waals surface area contributed by atoms with Crippen molar-refractivity contribution < 1.29 is 9.47 Å². The standard InChI is InChI=1S/C13H23NO2S/c1-11(2)9-14-13(5-8-17-10-13)16-12(11)3-6-15-7-4-12/h14H,3-10H2,1-2H3. The molecule has 3 saturated heterocycles. The molecule has 0 bridgehead atoms. The van der Waals surface area contributed by atoms with Gasteiger partial charge in [0.15, 0.2) is 0 Å². The highest BCUT2D eigenvalue weighted by molar-refractivity contribution is 7.99. The molecule has 1 N–H and O–H groups in total. The summed E-state index contributed by atoms with van der Waals surface area (Å²) in [5.74, 6) is 2.33. The summed E-state index contributed by atoms with van der Waals surface area (Å²) in [4.78, 5) is 0. The number of ether oxygens (including phenoxy) is 2. The molecule has 3 fully saturated rings. The molecule has 0 aromatic rings. The summed E-state index contributed by atoms with van der Waals surface area (Å²) in [5, 5.41) is 3.67. The van der Waals surface area contributed by atoms with Crippen molar-refractivity contribution in [2.45, 2.75) is 44.4 Å². The van der Waals surface area contributed by atoms with Crippen LogP contribution in [0.4, 0.5) is 0 Å². The molecule has 0 radical (unpaired) electrons. The average Bonchev–Trinajstić information content (AvgIpc) is 2.75. The Hall–Kier alpha value is 0.230. The van der Waals surface area contributed by atoms with Gasteiger partial charge in [-0.25, -0.2) is 0 Å². The van der Waals surface area contributed by atoms with Gasteiger partial charge in [0.2, 0.25) is 0 Å². The van der Waals surface area contributed by atoms with E-state index in [-0.39, 0.29) is 16.7 Å². The van der Waals surface area contributed by atoms with E-state index in [0.717, 1.165) is 44.8 Å². The fourth-order valence-corrected chi connectivity index (χ4v) is 4.59. The molecule has 3 nitrogen and oxygen atoms in total. The first-order chi connectivity index (χ1) is 8.08. The molecule has 0 aliphatic carbocycles. The Kier molecular flexibility index (Phi) is 2.97. The molecular weight excluding hydrogens is 234 g/mol. The Morgan fingerprint density at radius 1 is 1.12 bits per heavy atom. The second-order valence-electron chi connectivity index (χ2n) is 6.24. The Balaban J connectivity index is 1.86. The van der Waals surface area contributed by atoms with Gasteiger partial charge in [-0.15, -0.1) is 0 Å². The van der Waals surface area contributed by atoms with Crippen LogP contribution in [0.2, 0.25) is 0 Å². The second kappa shape index (κ2) is 4.12. The average molecular weight is 257 g/mol. The van der Waals surface area contributed by atoms with E-state index in [1.165, 1.54) is 5.75 Å². The molecule has 3 aliphatic rings. The number of thioether (sulfide) groups is 1. The van der Waals surface area contributed by atoms with E-state index in [0.29, 0.717) is 0 Å². The maximum absolute atomic E-state index is 6.67. The third kappa shape index (κ3) is 1.93. The molecule has 0 aromatic heterocycles. The number of hydrogen-bond acceptors (Lipinski definition) is 4. The van der Waals surface area contributed by atoms with E-state index in [1.54, 1.807) is 0 Å². The zero-order valence-corrected chi connectivity index (χ0v) is 11.7. The van der Waals surface area contributed by atoms with Crippen LogP contribution in [0, 0.1) is 5.41 Å². The van der Waals surface area contributed by atoms with E-state index in [1.807, 2.05) is 11.8 Å². The van der Waals surface area contributed by atoms with Gasteiger partial charge >= 0.3 is 0 Å². The lowest BCUT2D eigenvalue weighted by molar-refractivity contribution is -0.265. The molecular formula is C13H23NO2S. The number of rotatable bonds is 0. The van der Waals surface area contributed by atoms with Crippen LogP contribution >= 0.6 is 11.8 Å². The molecule has 2 spiro atoms. The lowest BCUT2D eigenvalue weighted by Gasteiger charge is -2.57. The van der Waals surface area contributed by atoms with Crippen LogP contribution in [-0.4, -0.2) is 42.6 Å². The lowest BCUT2D eigenvalue weighted by Crippen LogP contribution is -2.68. The predicted molar refractivity (Wildman–Crippen MR) is 70.3 cm³/mol. The van der Waals surface area contributed by atoms with E-state index in [9.17, 15) is 0 Å². The van der Waals surface area contributed by atoms with Gasteiger partial charge in [-0.3, -0.25) is 5.32 Å². The van der Waals surface area contributed by atoms with Gasteiger partial charge < -0.3 is 9.47 Å². The maximum Gasteiger partial charge on any atom is 0.129 e. The summed E-state index contributed by atoms with van der Waals surface area (Å²) in [6, 6.07) is 0. The van der Waals surface area contributed by atoms with Crippen molar-refractivity contribution in [2.75, 3.05) is 31.3 Å². The fourth-order valence-electron chi connectivity index (χ4n) is 3.34. The molecule has 1 unspecified atom stereocenters. The normalized spacial score (nSPS) is 39.9. The van der Waals surface area contributed by atoms with E-state index >= 15 is 0 Å². The summed E-state index contributed by atoms with van der Waals surface area (Å²) >= 11 is 2.01. The van der Waals surface area contributed by atoms with Crippen molar-refractivity contribution in [3.63, 3.8) is 0 Å². The molecule has 4 heteroatoms. The molecule has 0 aromatic carbocycles. The molecule has 0 saturated carbocycles. The predicted octanol–water partition coefficient (Wildman–Crippen LogP) is 2.01. The first kappa shape index (κ1) is 12.3. The summed E-state index contributed by atoms with van der Waals surface area (Å²) in [7, 11) is 0. The molecule has 98 valence electrons. The van der Waals surface area contributed by atoms with E-state index in [4.69, 9.17) is 9.47 Å². The molecule has 1 atom stereocenters. The lowest BCUT2D eigenvalue weighted by atomic mass is 9.68. The minimum Gasteiger partial charge on any atom is -0.381 e. The van der Waals surface area contributed by atoms with Gasteiger partial charge in [-0.2, -0.15) is 11.8 Å². The van der Waals surface area contributed by atoms with Crippen molar-refractivity contribution >= 4 is 11.8 Å². The van der Waals surface area contributed by atoms with Crippen LogP contribution in [0.1, 0.15) is 33.1 Å². The largest absolute Gasteiger partial charge is 0.381 e. The Morgan fingerprint density at radius 2 is 1.88 bits per heavy atom. The van der Waals surface area contributed by atoms with Gasteiger partial charge in [0.05, 0.1) is 5.60 Å². The smallest absolute Gasteiger partial charge is 0.129 e. The zero-order chi connectivity index (χ0) is 12.0. The Labute approximate surface area is 108 Å². The van der Waals surface area contributed by atoms with Crippen molar-refractivity contribution in [2.24, 2.45) is 5.41 Å². The highest BCUT2D eigenvalue weighted by atomic mass is 32.2. The van der Waals surface area contributed by atoms with Gasteiger partial charge in [-0.1, -0.05) is 13.8 Å². The highest BCUT2D eigenvalue weighted by Gasteiger charge is 2.56. The monoisotopic (exact) mass is 257 g/mol. The van der Waals surface area contributed by atoms with E-state index in [2.05, 4.69) is 19.2 Å². The number of hydrogen-bond donors (Lipinski definition) is 1. The highest BCUT2D eigenvalue weighted by Crippen LogP contribution is 2.49. The Morgan fingerprint density at radius 3 is 2.53 bits per heavy atom. The molecule has 0 amide bonds. The van der Waals surface area contributed by atoms with Gasteiger partial charge in [0, 0.05) is 43.8 Å². The van der Waals surface area contributed by atoms with Crippen LogP contribution < -0.4 is 5.32 Å². The van der Waals surface area contributed by atoms with Crippen LogP contribution in [0.5, 0.6) is 0 Å². The summed E-state index contributed by atoms with van der Waals surface area (Å²) < 4.78 is 12.2. The van der Waals surface area contributed by atoms with Crippen molar-refractivity contribution in [3.05, 3.63) is 0 Å². The fraction of sp³-hybridized carbons (Fsp3) is 1.00. The Bertz CT molecular complexity index is 294. The van der Waals surface area contributed by atoms with Crippen LogP contribution in [0.25, 0.3) is 0 Å². The molecule has 17 heavy (non-hydrogen) atoms. The summed E-state index contributed by atoms with van der Waals surface area (Å²) in [6.07, 6.45) is 3.25. The molecule has 3 heterocycles. The van der Waals surface area contributed by atoms with Crippen LogP contribution in [0.15, 0.2) is 0 Å². The second-order valence-corrected chi connectivity index (χ2v) is 7.35. The minimum atomic E-state index is -0.0441. The third-order valence-corrected chi connectivity index (χ3v) is 5.93. The van der Waals surface area contributed by atoms with Gasteiger partial charge in [0.1, 0.15) is 5.72 Å². The number of nitrogens with one attached hydrogen (secondary N) is 1. The van der Waals surface area contributed by atoms with Crippen molar-refractivity contribution in [1.29, 1.82) is 0 Å². The molecule has 3 rings (SSSR count). The quantitative estimate of drug-likeness (QED) is 0.719. The maximum atomic E-state index is 6.67. The van der Waals surface area contributed by atoms with E-state index < -0.39 is 0 Å². The van der Waals surface area contributed by atoms with Crippen LogP contribution in [0.3, 0.4) is 0 Å². The van der Waals surface area contributed by atoms with Gasteiger partial charge in [0.25, 0.3) is 0 Å². The zero-order valence-electron chi connectivity index (χ0n) is 10.9. The first-order valence-corrected chi connectivity index (χ1v) is 7.84. The van der Waals surface area contributed by atoms with Crippen molar-refractivity contribution in [3.8, 4) is 0 Å². The molecule has 3 aliphatic heterocycles. The summed E-state index contributed by atoms with van der Waals surface area (Å²) in [5.41, 5.74) is 0.189. The summed E-state index contributed by atoms with van der Waals surface area (Å²) in [6.45, 7) is 7.44. The topological polar surface area (TPSA) is 30.5 Å². The SMILES string of the molecule is CC1(C)CNC2(CCSC2)OC12CCOCC2. The first-order valence-electron chi connectivity index (χ1n) is 6.68. The van der Waals surface area contributed by atoms with Crippen molar-refractivity contribution in [1.82, 2.24) is 5.32 Å².